The molecule has 7 nitrogen and oxygen atoms in total. The van der Waals surface area contributed by atoms with E-state index in [4.69, 9.17) is 14.7 Å². The second kappa shape index (κ2) is 9.65. The highest BCUT2D eigenvalue weighted by atomic mass is 32.4. The molecule has 0 saturated carbocycles. The van der Waals surface area contributed by atoms with E-state index in [2.05, 4.69) is 152 Å². The Balaban J connectivity index is 1.06. The molecular weight excluding hydrogens is 641 g/mol. The molecule has 234 valence electrons. The van der Waals surface area contributed by atoms with Crippen LogP contribution >= 0.6 is 11.2 Å². The molecule has 0 bridgehead atoms. The summed E-state index contributed by atoms with van der Waals surface area (Å²) in [5.74, 6) is 3.63. The normalized spacial score (nSPS) is 14.2. The summed E-state index contributed by atoms with van der Waals surface area (Å²) in [6, 6.07) is 47.0. The van der Waals surface area contributed by atoms with Gasteiger partial charge >= 0.3 is 0 Å². The molecule has 10 aromatic rings. The van der Waals surface area contributed by atoms with Crippen molar-refractivity contribution in [3.8, 4) is 22.9 Å². The first kappa shape index (κ1) is 27.2. The van der Waals surface area contributed by atoms with E-state index in [0.717, 1.165) is 83.5 Å². The zero-order valence-electron chi connectivity index (χ0n) is 26.7. The van der Waals surface area contributed by atoms with Crippen LogP contribution in [0.2, 0.25) is 13.1 Å². The van der Waals surface area contributed by atoms with Gasteiger partial charge in [-0.3, -0.25) is 17.9 Å². The van der Waals surface area contributed by atoms with Gasteiger partial charge in [-0.05, 0) is 90.1 Å². The quantitative estimate of drug-likeness (QED) is 0.172. The van der Waals surface area contributed by atoms with Crippen LogP contribution in [0.15, 0.2) is 138 Å². The Kier molecular flexibility index (Phi) is 5.36. The van der Waals surface area contributed by atoms with Gasteiger partial charge in [0.05, 0.1) is 49.8 Å². The van der Waals surface area contributed by atoms with E-state index in [1.54, 1.807) is 0 Å². The Morgan fingerprint density at radius 2 is 0.980 bits per heavy atom. The molecule has 0 unspecified atom stereocenters. The number of ether oxygens (including phenoxy) is 1. The van der Waals surface area contributed by atoms with Gasteiger partial charge in [-0.1, -0.05) is 61.6 Å². The minimum absolute atomic E-state index is 0.884. The van der Waals surface area contributed by atoms with Gasteiger partial charge in [0.2, 0.25) is 11.6 Å². The third-order valence-electron chi connectivity index (χ3n) is 9.85. The topological polar surface area (TPSA) is 53.7 Å². The van der Waals surface area contributed by atoms with Crippen LogP contribution in [0.4, 0.5) is 0 Å². The highest BCUT2D eigenvalue weighted by molar-refractivity contribution is 8.30. The number of hydrogen-bond donors (Lipinski definition) is 0. The van der Waals surface area contributed by atoms with Crippen LogP contribution in [0, 0.1) is 0 Å². The van der Waals surface area contributed by atoms with Crippen molar-refractivity contribution < 1.29 is 4.74 Å². The lowest BCUT2D eigenvalue weighted by Crippen LogP contribution is -2.38. The summed E-state index contributed by atoms with van der Waals surface area (Å²) in [5, 5.41) is 1.27. The Morgan fingerprint density at radius 3 is 1.55 bits per heavy atom. The maximum atomic E-state index is 6.78. The first-order valence-corrected chi connectivity index (χ1v) is 21.0. The van der Waals surface area contributed by atoms with Crippen molar-refractivity contribution in [2.24, 2.45) is 0 Å². The molecule has 4 aromatic heterocycles. The fraction of sp³-hybridized carbons (Fsp3) is 0.0500. The molecule has 0 saturated heterocycles. The number of fused-ring (bicyclic) bond motifs is 12. The lowest BCUT2D eigenvalue weighted by Gasteiger charge is -2.22. The average Bonchev–Trinajstić information content (AvgIpc) is 3.83. The molecule has 0 radical (unpaired) electrons. The van der Waals surface area contributed by atoms with Gasteiger partial charge in [-0.15, -0.1) is 11.2 Å². The standard InChI is InChI=1S/C40H28N6OSSi/c1-49(2)38-24-26(44-32-16-8-10-18-34(32)46-30-14-6-4-12-28(30)42-40(44)46)20-22-36(38)47-35-21-19-25(23-37(35)48-49)43-31-15-7-9-17-33(31)45-29-13-5-3-11-27(29)41-39(43)45/h3-24H,1-2H3. The van der Waals surface area contributed by atoms with Crippen LogP contribution in [0.3, 0.4) is 0 Å². The van der Waals surface area contributed by atoms with E-state index < -0.39 is 7.22 Å². The number of para-hydroxylation sites is 8. The maximum absolute atomic E-state index is 6.78. The summed E-state index contributed by atoms with van der Waals surface area (Å²) >= 11 is 1.97. The molecule has 0 fully saturated rings. The summed E-state index contributed by atoms with van der Waals surface area (Å²) in [4.78, 5) is 11.4. The van der Waals surface area contributed by atoms with Crippen molar-refractivity contribution in [2.45, 2.75) is 18.0 Å². The van der Waals surface area contributed by atoms with Crippen molar-refractivity contribution in [1.82, 2.24) is 27.9 Å². The van der Waals surface area contributed by atoms with Crippen molar-refractivity contribution >= 4 is 79.3 Å². The Hall–Kier alpha value is -5.77. The van der Waals surface area contributed by atoms with Gasteiger partial charge in [-0.25, -0.2) is 9.97 Å². The number of hydrogen-bond acceptors (Lipinski definition) is 4. The number of benzene rings is 6. The molecule has 0 atom stereocenters. The van der Waals surface area contributed by atoms with E-state index in [-0.39, 0.29) is 0 Å². The molecule has 9 heteroatoms. The fourth-order valence-corrected chi connectivity index (χ4v) is 12.9. The molecule has 1 aliphatic heterocycles. The average molecular weight is 669 g/mol. The number of rotatable bonds is 2. The van der Waals surface area contributed by atoms with E-state index in [1.807, 2.05) is 23.3 Å². The molecule has 0 N–H and O–H groups in total. The van der Waals surface area contributed by atoms with Crippen LogP contribution in [-0.4, -0.2) is 35.1 Å². The predicted molar refractivity (Wildman–Crippen MR) is 202 cm³/mol. The molecule has 11 rings (SSSR count). The summed E-state index contributed by atoms with van der Waals surface area (Å²) in [7, 11) is -2.14. The van der Waals surface area contributed by atoms with Crippen LogP contribution in [0.1, 0.15) is 0 Å². The van der Waals surface area contributed by atoms with Crippen LogP contribution in [0.25, 0.3) is 67.1 Å². The summed E-state index contributed by atoms with van der Waals surface area (Å²) in [6.45, 7) is 4.84. The number of imidazole rings is 4. The van der Waals surface area contributed by atoms with Gasteiger partial charge in [-0.2, -0.15) is 0 Å². The lowest BCUT2D eigenvalue weighted by atomic mass is 10.2. The number of aromatic nitrogens is 6. The summed E-state index contributed by atoms with van der Waals surface area (Å²) in [5.41, 5.74) is 10.9. The largest absolute Gasteiger partial charge is 0.456 e. The lowest BCUT2D eigenvalue weighted by molar-refractivity contribution is 0.475. The van der Waals surface area contributed by atoms with Gasteiger partial charge in [0, 0.05) is 10.6 Å². The highest BCUT2D eigenvalue weighted by Crippen LogP contribution is 2.44. The second-order valence-electron chi connectivity index (χ2n) is 13.1. The minimum atomic E-state index is -2.14. The molecule has 49 heavy (non-hydrogen) atoms. The van der Waals surface area contributed by atoms with E-state index >= 15 is 0 Å². The third kappa shape index (κ3) is 3.74. The van der Waals surface area contributed by atoms with Crippen molar-refractivity contribution in [3.63, 3.8) is 0 Å². The molecule has 6 aromatic carbocycles. The van der Waals surface area contributed by atoms with Crippen LogP contribution < -0.4 is 9.92 Å². The molecular formula is C40H28N6OSSi. The van der Waals surface area contributed by atoms with Crippen LogP contribution in [0.5, 0.6) is 11.5 Å². The van der Waals surface area contributed by atoms with Crippen LogP contribution in [-0.2, 0) is 0 Å². The zero-order chi connectivity index (χ0) is 32.4. The Morgan fingerprint density at radius 1 is 0.510 bits per heavy atom. The predicted octanol–water partition coefficient (Wildman–Crippen LogP) is 9.49. The third-order valence-corrected chi connectivity index (χ3v) is 15.4. The van der Waals surface area contributed by atoms with Gasteiger partial charge < -0.3 is 4.74 Å². The van der Waals surface area contributed by atoms with Crippen molar-refractivity contribution in [3.05, 3.63) is 133 Å². The molecule has 0 spiro atoms. The molecule has 5 heterocycles. The number of nitrogens with zero attached hydrogens (tertiary/aromatic N) is 6. The van der Waals surface area contributed by atoms with E-state index in [9.17, 15) is 0 Å². The van der Waals surface area contributed by atoms with Crippen molar-refractivity contribution in [2.75, 3.05) is 0 Å². The fourth-order valence-electron chi connectivity index (χ4n) is 7.68. The summed E-state index contributed by atoms with van der Waals surface area (Å²) < 4.78 is 15.9. The zero-order valence-corrected chi connectivity index (χ0v) is 28.5. The monoisotopic (exact) mass is 668 g/mol. The SMILES string of the molecule is C[Si]1(C)Sc2cc(-n3c4ccccc4n4c5ccccc5nc34)ccc2Oc2ccc(-n3c4ccccc4n4c5ccccc5nc34)cc21. The Bertz CT molecular complexity index is 3000. The minimum Gasteiger partial charge on any atom is -0.456 e. The van der Waals surface area contributed by atoms with Gasteiger partial charge in [0.1, 0.15) is 11.5 Å². The first-order valence-electron chi connectivity index (χ1n) is 16.4. The summed E-state index contributed by atoms with van der Waals surface area (Å²) in [6.07, 6.45) is 0. The first-order chi connectivity index (χ1) is 24.0. The highest BCUT2D eigenvalue weighted by Gasteiger charge is 2.34. The molecule has 1 aliphatic rings. The van der Waals surface area contributed by atoms with E-state index in [1.165, 1.54) is 5.19 Å². The van der Waals surface area contributed by atoms with E-state index in [0.29, 0.717) is 0 Å². The van der Waals surface area contributed by atoms with Gasteiger partial charge in [0.15, 0.2) is 7.22 Å². The second-order valence-corrected chi connectivity index (χ2v) is 21.0. The smallest absolute Gasteiger partial charge is 0.220 e. The molecule has 0 amide bonds. The van der Waals surface area contributed by atoms with Gasteiger partial charge in [0.25, 0.3) is 0 Å². The maximum Gasteiger partial charge on any atom is 0.220 e. The Labute approximate surface area is 285 Å². The molecule has 0 aliphatic carbocycles. The van der Waals surface area contributed by atoms with Crippen molar-refractivity contribution in [1.29, 1.82) is 0 Å².